The van der Waals surface area contributed by atoms with Crippen LogP contribution in [0.5, 0.6) is 0 Å². The van der Waals surface area contributed by atoms with Crippen molar-refractivity contribution in [2.24, 2.45) is 7.05 Å². The van der Waals surface area contributed by atoms with E-state index in [1.165, 1.54) is 10.9 Å². The zero-order valence-corrected chi connectivity index (χ0v) is 11.4. The minimum atomic E-state index is -0.304. The number of hydrogen-bond acceptors (Lipinski definition) is 4. The molecule has 7 heteroatoms. The van der Waals surface area contributed by atoms with Crippen LogP contribution in [0.25, 0.3) is 10.9 Å². The molecule has 0 unspecified atom stereocenters. The molecule has 0 bridgehead atoms. The van der Waals surface area contributed by atoms with Crippen molar-refractivity contribution in [2.75, 3.05) is 5.32 Å². The zero-order chi connectivity index (χ0) is 14.8. The van der Waals surface area contributed by atoms with Crippen LogP contribution in [0.4, 0.5) is 5.69 Å². The van der Waals surface area contributed by atoms with Crippen LogP contribution in [0, 0.1) is 0 Å². The second-order valence-corrected chi connectivity index (χ2v) is 4.65. The van der Waals surface area contributed by atoms with Crippen LogP contribution in [-0.2, 0) is 18.4 Å². The summed E-state index contributed by atoms with van der Waals surface area (Å²) in [6.45, 7) is -0.0917. The number of fused-ring (bicyclic) bond motifs is 1. The molecule has 3 aromatic rings. The van der Waals surface area contributed by atoms with E-state index in [0.29, 0.717) is 16.6 Å². The van der Waals surface area contributed by atoms with E-state index >= 15 is 0 Å². The minimum Gasteiger partial charge on any atom is -0.322 e. The monoisotopic (exact) mass is 283 g/mol. The fraction of sp³-hybridized carbons (Fsp3) is 0.143. The molecule has 0 radical (unpaired) electrons. The highest BCUT2D eigenvalue weighted by Crippen LogP contribution is 2.06. The number of aromatic nitrogens is 4. The number of amides is 1. The third-order valence-electron chi connectivity index (χ3n) is 3.03. The Morgan fingerprint density at radius 3 is 2.90 bits per heavy atom. The highest BCUT2D eigenvalue weighted by atomic mass is 16.2. The molecule has 0 aliphatic rings. The Labute approximate surface area is 119 Å². The van der Waals surface area contributed by atoms with Crippen LogP contribution in [0.1, 0.15) is 0 Å². The molecule has 0 fully saturated rings. The maximum Gasteiger partial charge on any atom is 0.261 e. The van der Waals surface area contributed by atoms with Crippen molar-refractivity contribution in [2.45, 2.75) is 6.54 Å². The predicted molar refractivity (Wildman–Crippen MR) is 77.8 cm³/mol. The Bertz CT molecular complexity index is 865. The fourth-order valence-electron chi connectivity index (χ4n) is 2.06. The largest absolute Gasteiger partial charge is 0.322 e. The van der Waals surface area contributed by atoms with E-state index in [1.807, 2.05) is 6.07 Å². The zero-order valence-electron chi connectivity index (χ0n) is 11.4. The highest BCUT2D eigenvalue weighted by Gasteiger charge is 2.08. The van der Waals surface area contributed by atoms with E-state index in [-0.39, 0.29) is 18.0 Å². The van der Waals surface area contributed by atoms with Gasteiger partial charge in [-0.3, -0.25) is 18.8 Å². The lowest BCUT2D eigenvalue weighted by Crippen LogP contribution is -2.27. The van der Waals surface area contributed by atoms with E-state index in [0.717, 1.165) is 0 Å². The maximum absolute atomic E-state index is 12.2. The SMILES string of the molecule is Cn1cc(NC(=O)Cn2cnc3ccccc3c2=O)cn1. The van der Waals surface area contributed by atoms with Gasteiger partial charge >= 0.3 is 0 Å². The molecule has 0 aliphatic carbocycles. The molecule has 0 saturated heterocycles. The summed E-state index contributed by atoms with van der Waals surface area (Å²) in [5, 5.41) is 7.13. The normalized spacial score (nSPS) is 10.7. The van der Waals surface area contributed by atoms with E-state index in [4.69, 9.17) is 0 Å². The van der Waals surface area contributed by atoms with Crippen molar-refractivity contribution in [3.63, 3.8) is 0 Å². The van der Waals surface area contributed by atoms with Gasteiger partial charge in [0.15, 0.2) is 0 Å². The Balaban J connectivity index is 1.83. The van der Waals surface area contributed by atoms with Gasteiger partial charge in [-0.25, -0.2) is 4.98 Å². The first-order valence-corrected chi connectivity index (χ1v) is 6.36. The topological polar surface area (TPSA) is 81.8 Å². The van der Waals surface area contributed by atoms with Crippen molar-refractivity contribution in [1.82, 2.24) is 19.3 Å². The molecule has 1 N–H and O–H groups in total. The fourth-order valence-corrected chi connectivity index (χ4v) is 2.06. The van der Waals surface area contributed by atoms with E-state index in [9.17, 15) is 9.59 Å². The van der Waals surface area contributed by atoms with Gasteiger partial charge in [0.2, 0.25) is 5.91 Å². The van der Waals surface area contributed by atoms with Gasteiger partial charge in [-0.05, 0) is 12.1 Å². The van der Waals surface area contributed by atoms with E-state index in [2.05, 4.69) is 15.4 Å². The van der Waals surface area contributed by atoms with Crippen molar-refractivity contribution in [3.8, 4) is 0 Å². The Morgan fingerprint density at radius 1 is 1.33 bits per heavy atom. The average Bonchev–Trinajstić information content (AvgIpc) is 2.87. The molecule has 3 rings (SSSR count). The Morgan fingerprint density at radius 2 is 2.14 bits per heavy atom. The summed E-state index contributed by atoms with van der Waals surface area (Å²) in [4.78, 5) is 28.4. The van der Waals surface area contributed by atoms with Crippen molar-refractivity contribution in [3.05, 3.63) is 53.3 Å². The summed E-state index contributed by atoms with van der Waals surface area (Å²) in [6.07, 6.45) is 4.60. The van der Waals surface area contributed by atoms with Crippen LogP contribution >= 0.6 is 0 Å². The number of hydrogen-bond donors (Lipinski definition) is 1. The summed E-state index contributed by atoms with van der Waals surface area (Å²) in [5.74, 6) is -0.304. The number of nitrogens with one attached hydrogen (secondary N) is 1. The highest BCUT2D eigenvalue weighted by molar-refractivity contribution is 5.90. The van der Waals surface area contributed by atoms with Gasteiger partial charge in [0.25, 0.3) is 5.56 Å². The molecule has 0 atom stereocenters. The van der Waals surface area contributed by atoms with Gasteiger partial charge in [-0.1, -0.05) is 12.1 Å². The number of carbonyl (C=O) groups is 1. The molecule has 1 amide bonds. The number of para-hydroxylation sites is 1. The van der Waals surface area contributed by atoms with Crippen LogP contribution in [0.3, 0.4) is 0 Å². The lowest BCUT2D eigenvalue weighted by atomic mass is 10.2. The van der Waals surface area contributed by atoms with Crippen LogP contribution in [0.2, 0.25) is 0 Å². The van der Waals surface area contributed by atoms with Gasteiger partial charge < -0.3 is 5.32 Å². The van der Waals surface area contributed by atoms with Gasteiger partial charge in [0, 0.05) is 13.2 Å². The van der Waals surface area contributed by atoms with Gasteiger partial charge in [-0.2, -0.15) is 5.10 Å². The summed E-state index contributed by atoms with van der Waals surface area (Å²) in [5.41, 5.74) is 0.970. The molecule has 1 aromatic carbocycles. The Hall–Kier alpha value is -2.96. The average molecular weight is 283 g/mol. The van der Waals surface area contributed by atoms with Gasteiger partial charge in [0.05, 0.1) is 29.1 Å². The first-order chi connectivity index (χ1) is 10.1. The molecule has 0 saturated carbocycles. The van der Waals surface area contributed by atoms with Crippen LogP contribution in [-0.4, -0.2) is 25.2 Å². The molecular formula is C14H13N5O2. The molecule has 2 aromatic heterocycles. The summed E-state index contributed by atoms with van der Waals surface area (Å²) in [6, 6.07) is 7.04. The standard InChI is InChI=1S/C14H13N5O2/c1-18-7-10(6-16-18)17-13(20)8-19-9-15-12-5-3-2-4-11(12)14(19)21/h2-7,9H,8H2,1H3,(H,17,20). The van der Waals surface area contributed by atoms with E-state index in [1.54, 1.807) is 42.3 Å². The number of rotatable bonds is 3. The van der Waals surface area contributed by atoms with Crippen molar-refractivity contribution >= 4 is 22.5 Å². The second kappa shape index (κ2) is 5.20. The first-order valence-electron chi connectivity index (χ1n) is 6.36. The maximum atomic E-state index is 12.2. The summed E-state index contributed by atoms with van der Waals surface area (Å²) in [7, 11) is 1.76. The van der Waals surface area contributed by atoms with E-state index < -0.39 is 0 Å². The molecule has 21 heavy (non-hydrogen) atoms. The smallest absolute Gasteiger partial charge is 0.261 e. The van der Waals surface area contributed by atoms with Gasteiger partial charge in [0.1, 0.15) is 6.54 Å². The number of aryl methyl sites for hydroxylation is 1. The lowest BCUT2D eigenvalue weighted by molar-refractivity contribution is -0.116. The summed E-state index contributed by atoms with van der Waals surface area (Å²) < 4.78 is 2.87. The van der Waals surface area contributed by atoms with Crippen molar-refractivity contribution in [1.29, 1.82) is 0 Å². The number of benzene rings is 1. The first kappa shape index (κ1) is 13.0. The number of anilines is 1. The van der Waals surface area contributed by atoms with Crippen LogP contribution < -0.4 is 10.9 Å². The molecule has 0 aliphatic heterocycles. The summed E-state index contributed by atoms with van der Waals surface area (Å²) >= 11 is 0. The number of nitrogens with zero attached hydrogens (tertiary/aromatic N) is 4. The molecule has 2 heterocycles. The van der Waals surface area contributed by atoms with Gasteiger partial charge in [-0.15, -0.1) is 0 Å². The predicted octanol–water partition coefficient (Wildman–Crippen LogP) is 0.769. The molecule has 7 nitrogen and oxygen atoms in total. The lowest BCUT2D eigenvalue weighted by Gasteiger charge is -2.06. The third-order valence-corrected chi connectivity index (χ3v) is 3.03. The number of carbonyl (C=O) groups excluding carboxylic acids is 1. The van der Waals surface area contributed by atoms with Crippen molar-refractivity contribution < 1.29 is 4.79 Å². The molecule has 0 spiro atoms. The Kier molecular flexibility index (Phi) is 3.23. The van der Waals surface area contributed by atoms with Crippen LogP contribution in [0.15, 0.2) is 47.8 Å². The molecular weight excluding hydrogens is 270 g/mol. The second-order valence-electron chi connectivity index (χ2n) is 4.65. The molecule has 106 valence electrons. The third kappa shape index (κ3) is 2.66. The quantitative estimate of drug-likeness (QED) is 0.769. The minimum absolute atomic E-state index is 0.0917.